The van der Waals surface area contributed by atoms with Gasteiger partial charge in [0, 0.05) is 18.0 Å². The molecule has 9 nitrogen and oxygen atoms in total. The number of nitro benzene ring substituents is 1. The summed E-state index contributed by atoms with van der Waals surface area (Å²) in [5.41, 5.74) is 1.92. The van der Waals surface area contributed by atoms with Crippen LogP contribution in [0.3, 0.4) is 0 Å². The SMILES string of the molecule is CCOC(=O)c1[nH]c2c([N+](=O)[O-])cc(C)cc2c1CCN1C(=O)c2ccccc2C1=O. The summed E-state index contributed by atoms with van der Waals surface area (Å²) in [5, 5.41) is 12.0. The molecule has 3 aromatic rings. The van der Waals surface area contributed by atoms with Crippen LogP contribution < -0.4 is 0 Å². The van der Waals surface area contributed by atoms with Crippen LogP contribution in [0.25, 0.3) is 10.9 Å². The van der Waals surface area contributed by atoms with E-state index in [1.165, 1.54) is 6.07 Å². The molecular weight excluding hydrogens is 402 g/mol. The van der Waals surface area contributed by atoms with Crippen molar-refractivity contribution in [2.45, 2.75) is 20.3 Å². The van der Waals surface area contributed by atoms with Gasteiger partial charge in [0.2, 0.25) is 0 Å². The Balaban J connectivity index is 1.75. The van der Waals surface area contributed by atoms with Crippen molar-refractivity contribution in [3.8, 4) is 0 Å². The second-order valence-corrected chi connectivity index (χ2v) is 7.22. The number of imide groups is 1. The minimum absolute atomic E-state index is 0.0213. The van der Waals surface area contributed by atoms with Gasteiger partial charge in [-0.3, -0.25) is 24.6 Å². The number of aromatic amines is 1. The van der Waals surface area contributed by atoms with E-state index in [2.05, 4.69) is 4.98 Å². The van der Waals surface area contributed by atoms with Gasteiger partial charge in [0.25, 0.3) is 17.5 Å². The van der Waals surface area contributed by atoms with E-state index in [0.29, 0.717) is 27.6 Å². The number of nitro groups is 1. The van der Waals surface area contributed by atoms with Gasteiger partial charge in [0.1, 0.15) is 11.2 Å². The smallest absolute Gasteiger partial charge is 0.355 e. The predicted octanol–water partition coefficient (Wildman–Crippen LogP) is 3.40. The number of ether oxygens (including phenoxy) is 1. The van der Waals surface area contributed by atoms with Crippen LogP contribution in [0, 0.1) is 17.0 Å². The highest BCUT2D eigenvalue weighted by Gasteiger charge is 2.35. The van der Waals surface area contributed by atoms with Crippen molar-refractivity contribution in [2.24, 2.45) is 0 Å². The van der Waals surface area contributed by atoms with Crippen molar-refractivity contribution in [3.63, 3.8) is 0 Å². The van der Waals surface area contributed by atoms with E-state index < -0.39 is 22.7 Å². The van der Waals surface area contributed by atoms with Gasteiger partial charge in [0.05, 0.1) is 22.7 Å². The van der Waals surface area contributed by atoms with Crippen molar-refractivity contribution in [2.75, 3.05) is 13.2 Å². The third-order valence-electron chi connectivity index (χ3n) is 5.28. The zero-order valence-electron chi connectivity index (χ0n) is 16.9. The highest BCUT2D eigenvalue weighted by Crippen LogP contribution is 2.33. The number of fused-ring (bicyclic) bond motifs is 2. The van der Waals surface area contributed by atoms with E-state index >= 15 is 0 Å². The van der Waals surface area contributed by atoms with Crippen LogP contribution in [0.1, 0.15) is 49.3 Å². The topological polar surface area (TPSA) is 123 Å². The number of carbonyl (C=O) groups excluding carboxylic acids is 3. The molecule has 2 amide bonds. The molecule has 1 aliphatic rings. The third kappa shape index (κ3) is 3.33. The summed E-state index contributed by atoms with van der Waals surface area (Å²) in [5.74, 6) is -1.46. The number of H-pyrrole nitrogens is 1. The summed E-state index contributed by atoms with van der Waals surface area (Å²) in [7, 11) is 0. The number of hydrogen-bond donors (Lipinski definition) is 1. The van der Waals surface area contributed by atoms with E-state index in [9.17, 15) is 24.5 Å². The number of hydrogen-bond acceptors (Lipinski definition) is 6. The fourth-order valence-corrected chi connectivity index (χ4v) is 3.92. The van der Waals surface area contributed by atoms with Gasteiger partial charge in [0.15, 0.2) is 0 Å². The van der Waals surface area contributed by atoms with Crippen molar-refractivity contribution in [1.82, 2.24) is 9.88 Å². The van der Waals surface area contributed by atoms with E-state index in [4.69, 9.17) is 4.74 Å². The molecule has 0 saturated carbocycles. The first-order chi connectivity index (χ1) is 14.8. The van der Waals surface area contributed by atoms with Crippen LogP contribution in [-0.2, 0) is 11.2 Å². The fraction of sp³-hybridized carbons (Fsp3) is 0.227. The normalized spacial score (nSPS) is 13.0. The molecule has 0 aliphatic carbocycles. The van der Waals surface area contributed by atoms with Crippen LogP contribution in [0.2, 0.25) is 0 Å². The first-order valence-electron chi connectivity index (χ1n) is 9.75. The number of aromatic nitrogens is 1. The van der Waals surface area contributed by atoms with Crippen LogP contribution in [0.5, 0.6) is 0 Å². The number of nitrogens with zero attached hydrogens (tertiary/aromatic N) is 2. The number of rotatable bonds is 6. The highest BCUT2D eigenvalue weighted by molar-refractivity contribution is 6.21. The summed E-state index contributed by atoms with van der Waals surface area (Å²) in [4.78, 5) is 52.8. The summed E-state index contributed by atoms with van der Waals surface area (Å²) in [6, 6.07) is 9.72. The number of nitrogens with one attached hydrogen (secondary N) is 1. The first kappa shape index (κ1) is 20.3. The average molecular weight is 421 g/mol. The molecule has 1 aromatic heterocycles. The van der Waals surface area contributed by atoms with Crippen molar-refractivity contribution >= 4 is 34.4 Å². The lowest BCUT2D eigenvalue weighted by molar-refractivity contribution is -0.383. The van der Waals surface area contributed by atoms with E-state index in [0.717, 1.165) is 4.90 Å². The minimum Gasteiger partial charge on any atom is -0.461 e. The third-order valence-corrected chi connectivity index (χ3v) is 5.28. The number of aryl methyl sites for hydroxylation is 1. The molecule has 1 aliphatic heterocycles. The Morgan fingerprint density at radius 3 is 2.39 bits per heavy atom. The van der Waals surface area contributed by atoms with Crippen LogP contribution in [-0.4, -0.2) is 45.7 Å². The molecule has 0 spiro atoms. The van der Waals surface area contributed by atoms with Crippen molar-refractivity contribution in [3.05, 3.63) is 74.5 Å². The molecule has 158 valence electrons. The Morgan fingerprint density at radius 2 is 1.81 bits per heavy atom. The molecule has 0 radical (unpaired) electrons. The minimum atomic E-state index is -0.650. The van der Waals surface area contributed by atoms with Gasteiger partial charge in [-0.15, -0.1) is 0 Å². The van der Waals surface area contributed by atoms with E-state index in [1.54, 1.807) is 44.2 Å². The molecule has 31 heavy (non-hydrogen) atoms. The van der Waals surface area contributed by atoms with E-state index in [1.807, 2.05) is 0 Å². The maximum Gasteiger partial charge on any atom is 0.355 e. The zero-order chi connectivity index (χ0) is 22.3. The zero-order valence-corrected chi connectivity index (χ0v) is 16.9. The summed E-state index contributed by atoms with van der Waals surface area (Å²) < 4.78 is 5.11. The maximum atomic E-state index is 12.7. The highest BCUT2D eigenvalue weighted by atomic mass is 16.6. The molecule has 9 heteroatoms. The fourth-order valence-electron chi connectivity index (χ4n) is 3.92. The predicted molar refractivity (Wildman–Crippen MR) is 111 cm³/mol. The van der Waals surface area contributed by atoms with Gasteiger partial charge in [-0.1, -0.05) is 12.1 Å². The molecule has 1 N–H and O–H groups in total. The molecule has 2 aromatic carbocycles. The summed E-state index contributed by atoms with van der Waals surface area (Å²) in [6.07, 6.45) is 0.139. The maximum absolute atomic E-state index is 12.7. The molecular formula is C22H19N3O6. The number of carbonyl (C=O) groups is 3. The van der Waals surface area contributed by atoms with Gasteiger partial charge in [-0.25, -0.2) is 4.79 Å². The van der Waals surface area contributed by atoms with Gasteiger partial charge < -0.3 is 9.72 Å². The largest absolute Gasteiger partial charge is 0.461 e. The average Bonchev–Trinajstić information content (AvgIpc) is 3.22. The molecule has 0 bridgehead atoms. The van der Waals surface area contributed by atoms with Crippen LogP contribution in [0.4, 0.5) is 5.69 Å². The van der Waals surface area contributed by atoms with Crippen LogP contribution in [0.15, 0.2) is 36.4 Å². The number of non-ortho nitro benzene ring substituents is 1. The monoisotopic (exact) mass is 421 g/mol. The Morgan fingerprint density at radius 1 is 1.16 bits per heavy atom. The van der Waals surface area contributed by atoms with Gasteiger partial charge >= 0.3 is 5.97 Å². The van der Waals surface area contributed by atoms with Crippen LogP contribution >= 0.6 is 0 Å². The van der Waals surface area contributed by atoms with Crippen molar-refractivity contribution < 1.29 is 24.0 Å². The molecule has 4 rings (SSSR count). The Hall–Kier alpha value is -4.01. The number of amides is 2. The van der Waals surface area contributed by atoms with Gasteiger partial charge in [-0.2, -0.15) is 0 Å². The molecule has 0 fully saturated rings. The lowest BCUT2D eigenvalue weighted by Crippen LogP contribution is -2.32. The summed E-state index contributed by atoms with van der Waals surface area (Å²) in [6.45, 7) is 3.53. The summed E-state index contributed by atoms with van der Waals surface area (Å²) >= 11 is 0. The molecule has 0 atom stereocenters. The Labute approximate surface area is 176 Å². The number of benzene rings is 2. The van der Waals surface area contributed by atoms with E-state index in [-0.39, 0.29) is 36.5 Å². The lowest BCUT2D eigenvalue weighted by atomic mass is 10.0. The quantitative estimate of drug-likeness (QED) is 0.282. The molecule has 2 heterocycles. The Kier molecular flexibility index (Phi) is 5.02. The Bertz CT molecular complexity index is 1220. The second kappa shape index (κ2) is 7.67. The molecule has 0 saturated heterocycles. The second-order valence-electron chi connectivity index (χ2n) is 7.22. The number of esters is 1. The van der Waals surface area contributed by atoms with Crippen molar-refractivity contribution in [1.29, 1.82) is 0 Å². The van der Waals surface area contributed by atoms with Gasteiger partial charge in [-0.05, 0) is 49.6 Å². The first-order valence-corrected chi connectivity index (χ1v) is 9.75. The lowest BCUT2D eigenvalue weighted by Gasteiger charge is -2.14. The standard InChI is InChI=1S/C22H19N3O6/c1-3-31-22(28)19-13(16-10-12(2)11-17(25(29)30)18(16)23-19)8-9-24-20(26)14-6-4-5-7-15(14)21(24)27/h4-7,10-11,23H,3,8-9H2,1-2H3. The molecule has 0 unspecified atom stereocenters.